The van der Waals surface area contributed by atoms with E-state index in [-0.39, 0.29) is 0 Å². The molecule has 0 saturated heterocycles. The Morgan fingerprint density at radius 1 is 1.17 bits per heavy atom. The molecule has 0 aliphatic carbocycles. The molecule has 18 heavy (non-hydrogen) atoms. The molecule has 1 aromatic carbocycles. The first-order valence-corrected chi connectivity index (χ1v) is 7.80. The minimum Gasteiger partial charge on any atom is -0.383 e. The van der Waals surface area contributed by atoms with Gasteiger partial charge in [-0.25, -0.2) is 9.97 Å². The average Bonchev–Trinajstić information content (AvgIpc) is 2.35. The first-order valence-electron chi connectivity index (χ1n) is 5.23. The quantitative estimate of drug-likeness (QED) is 0.801. The van der Waals surface area contributed by atoms with Crippen molar-refractivity contribution in [1.29, 1.82) is 0 Å². The van der Waals surface area contributed by atoms with E-state index in [4.69, 9.17) is 5.73 Å². The van der Waals surface area contributed by atoms with Gasteiger partial charge in [-0.2, -0.15) is 0 Å². The van der Waals surface area contributed by atoms with Crippen molar-refractivity contribution in [1.82, 2.24) is 9.97 Å². The monoisotopic (exact) mass is 387 g/mol. The molecular weight excluding hydrogens is 378 g/mol. The molecule has 0 aliphatic rings. The third-order valence-electron chi connectivity index (χ3n) is 2.27. The fourth-order valence-electron chi connectivity index (χ4n) is 1.38. The van der Waals surface area contributed by atoms with Crippen molar-refractivity contribution in [3.8, 4) is 0 Å². The van der Waals surface area contributed by atoms with E-state index in [0.717, 1.165) is 20.5 Å². The Balaban J connectivity index is 2.08. The highest BCUT2D eigenvalue weighted by molar-refractivity contribution is 9.10. The van der Waals surface area contributed by atoms with Gasteiger partial charge >= 0.3 is 0 Å². The molecule has 3 nitrogen and oxygen atoms in total. The maximum absolute atomic E-state index is 5.80. The SMILES string of the molecule is Cc1nc(CSc2ccc(Br)cc2)nc(N)c1Br. The number of thioether (sulfide) groups is 1. The van der Waals surface area contributed by atoms with Crippen molar-refractivity contribution in [3.63, 3.8) is 0 Å². The molecule has 2 rings (SSSR count). The smallest absolute Gasteiger partial charge is 0.141 e. The molecule has 0 unspecified atom stereocenters. The summed E-state index contributed by atoms with van der Waals surface area (Å²) in [5.41, 5.74) is 6.67. The summed E-state index contributed by atoms with van der Waals surface area (Å²) >= 11 is 8.46. The summed E-state index contributed by atoms with van der Waals surface area (Å²) in [4.78, 5) is 9.84. The van der Waals surface area contributed by atoms with E-state index in [2.05, 4.69) is 54.0 Å². The van der Waals surface area contributed by atoms with Gasteiger partial charge in [0.05, 0.1) is 15.9 Å². The van der Waals surface area contributed by atoms with E-state index in [1.807, 2.05) is 19.1 Å². The van der Waals surface area contributed by atoms with Gasteiger partial charge in [0.25, 0.3) is 0 Å². The van der Waals surface area contributed by atoms with Crippen LogP contribution in [0.3, 0.4) is 0 Å². The number of nitrogens with zero attached hydrogens (tertiary/aromatic N) is 2. The van der Waals surface area contributed by atoms with Crippen LogP contribution in [0.15, 0.2) is 38.1 Å². The highest BCUT2D eigenvalue weighted by Gasteiger charge is 2.06. The molecule has 0 amide bonds. The normalized spacial score (nSPS) is 10.6. The van der Waals surface area contributed by atoms with Crippen molar-refractivity contribution in [2.45, 2.75) is 17.6 Å². The molecule has 1 heterocycles. The van der Waals surface area contributed by atoms with Crippen LogP contribution in [0.1, 0.15) is 11.5 Å². The van der Waals surface area contributed by atoms with Crippen LogP contribution in [0.5, 0.6) is 0 Å². The van der Waals surface area contributed by atoms with Gasteiger partial charge in [0, 0.05) is 9.37 Å². The Bertz CT molecular complexity index is 535. The molecule has 94 valence electrons. The predicted octanol–water partition coefficient (Wildman–Crippen LogP) is 4.18. The molecule has 6 heteroatoms. The van der Waals surface area contributed by atoms with Crippen LogP contribution in [0.25, 0.3) is 0 Å². The summed E-state index contributed by atoms with van der Waals surface area (Å²) in [5, 5.41) is 0. The Morgan fingerprint density at radius 2 is 1.83 bits per heavy atom. The van der Waals surface area contributed by atoms with E-state index in [1.54, 1.807) is 11.8 Å². The molecule has 1 aromatic heterocycles. The topological polar surface area (TPSA) is 51.8 Å². The summed E-state index contributed by atoms with van der Waals surface area (Å²) in [5.74, 6) is 1.95. The lowest BCUT2D eigenvalue weighted by molar-refractivity contribution is 0.992. The van der Waals surface area contributed by atoms with E-state index in [0.29, 0.717) is 11.6 Å². The van der Waals surface area contributed by atoms with Crippen molar-refractivity contribution in [2.75, 3.05) is 5.73 Å². The third kappa shape index (κ3) is 3.46. The van der Waals surface area contributed by atoms with Crippen molar-refractivity contribution in [3.05, 3.63) is 44.7 Å². The molecule has 0 saturated carbocycles. The van der Waals surface area contributed by atoms with E-state index < -0.39 is 0 Å². The fourth-order valence-corrected chi connectivity index (χ4v) is 2.58. The first-order chi connectivity index (χ1) is 8.56. The summed E-state index contributed by atoms with van der Waals surface area (Å²) in [6.45, 7) is 1.91. The lowest BCUT2D eigenvalue weighted by atomic mass is 10.4. The van der Waals surface area contributed by atoms with Gasteiger partial charge in [-0.15, -0.1) is 11.8 Å². The zero-order valence-electron chi connectivity index (χ0n) is 9.65. The van der Waals surface area contributed by atoms with Crippen LogP contribution >= 0.6 is 43.6 Å². The van der Waals surface area contributed by atoms with Crippen LogP contribution < -0.4 is 5.73 Å². The standard InChI is InChI=1S/C12H11Br2N3S/c1-7-11(14)12(15)17-10(16-7)6-18-9-4-2-8(13)3-5-9/h2-5H,6H2,1H3,(H2,15,16,17). The number of nitrogens with two attached hydrogens (primary N) is 1. The van der Waals surface area contributed by atoms with Gasteiger partial charge in [0.2, 0.25) is 0 Å². The second kappa shape index (κ2) is 6.04. The molecule has 2 N–H and O–H groups in total. The Hall–Kier alpha value is -0.590. The number of aromatic nitrogens is 2. The highest BCUT2D eigenvalue weighted by atomic mass is 79.9. The summed E-state index contributed by atoms with van der Waals surface area (Å²) in [7, 11) is 0. The van der Waals surface area contributed by atoms with Crippen LogP contribution in [0.2, 0.25) is 0 Å². The average molecular weight is 389 g/mol. The largest absolute Gasteiger partial charge is 0.383 e. The van der Waals surface area contributed by atoms with Crippen molar-refractivity contribution < 1.29 is 0 Å². The maximum atomic E-state index is 5.80. The Labute approximate surface area is 127 Å². The second-order valence-corrected chi connectivity index (χ2v) is 6.42. The Morgan fingerprint density at radius 3 is 2.44 bits per heavy atom. The first kappa shape index (κ1) is 13.8. The van der Waals surface area contributed by atoms with Crippen molar-refractivity contribution in [2.24, 2.45) is 0 Å². The maximum Gasteiger partial charge on any atom is 0.141 e. The molecule has 0 aliphatic heterocycles. The molecule has 0 bridgehead atoms. The van der Waals surface area contributed by atoms with Gasteiger partial charge in [0.1, 0.15) is 11.6 Å². The van der Waals surface area contributed by atoms with E-state index >= 15 is 0 Å². The van der Waals surface area contributed by atoms with Gasteiger partial charge < -0.3 is 5.73 Å². The summed E-state index contributed by atoms with van der Waals surface area (Å²) in [6.07, 6.45) is 0. The Kier molecular flexibility index (Phi) is 4.64. The second-order valence-electron chi connectivity index (χ2n) is 3.67. The van der Waals surface area contributed by atoms with Crippen molar-refractivity contribution >= 4 is 49.4 Å². The summed E-state index contributed by atoms with van der Waals surface area (Å²) < 4.78 is 1.85. The molecular formula is C12H11Br2N3S. The molecule has 0 fully saturated rings. The van der Waals surface area contributed by atoms with Gasteiger partial charge in [-0.3, -0.25) is 0 Å². The van der Waals surface area contributed by atoms with Gasteiger partial charge in [-0.1, -0.05) is 15.9 Å². The van der Waals surface area contributed by atoms with E-state index in [1.165, 1.54) is 4.90 Å². The van der Waals surface area contributed by atoms with Crippen LogP contribution in [-0.4, -0.2) is 9.97 Å². The van der Waals surface area contributed by atoms with Crippen LogP contribution in [-0.2, 0) is 5.75 Å². The lowest BCUT2D eigenvalue weighted by Crippen LogP contribution is -2.02. The third-order valence-corrected chi connectivity index (χ3v) is 4.79. The molecule has 0 atom stereocenters. The van der Waals surface area contributed by atoms with Crippen LogP contribution in [0, 0.1) is 6.92 Å². The summed E-state index contributed by atoms with van der Waals surface area (Å²) in [6, 6.07) is 8.16. The minimum absolute atomic E-state index is 0.494. The zero-order chi connectivity index (χ0) is 13.1. The minimum atomic E-state index is 0.494. The fraction of sp³-hybridized carbons (Fsp3) is 0.167. The number of hydrogen-bond donors (Lipinski definition) is 1. The van der Waals surface area contributed by atoms with E-state index in [9.17, 15) is 0 Å². The lowest BCUT2D eigenvalue weighted by Gasteiger charge is -2.05. The van der Waals surface area contributed by atoms with Gasteiger partial charge in [-0.05, 0) is 47.1 Å². The number of rotatable bonds is 3. The van der Waals surface area contributed by atoms with Crippen LogP contribution in [0.4, 0.5) is 5.82 Å². The molecule has 0 radical (unpaired) electrons. The van der Waals surface area contributed by atoms with Gasteiger partial charge in [0.15, 0.2) is 0 Å². The number of aryl methyl sites for hydroxylation is 1. The zero-order valence-corrected chi connectivity index (χ0v) is 13.6. The molecule has 0 spiro atoms. The highest BCUT2D eigenvalue weighted by Crippen LogP contribution is 2.25. The number of hydrogen-bond acceptors (Lipinski definition) is 4. The predicted molar refractivity (Wildman–Crippen MR) is 82.6 cm³/mol. The number of halogens is 2. The number of benzene rings is 1. The molecule has 2 aromatic rings. The number of nitrogen functional groups attached to an aromatic ring is 1. The number of anilines is 1.